The fraction of sp³-hybridized carbons (Fsp3) is 0.565. The maximum Gasteiger partial charge on any atom is 0.252 e. The van der Waals surface area contributed by atoms with Crippen LogP contribution in [0.4, 0.5) is 5.82 Å². The Kier molecular flexibility index (Phi) is 9.02. The minimum Gasteiger partial charge on any atom is -0.381 e. The number of primary amides is 1. The predicted molar refractivity (Wildman–Crippen MR) is 126 cm³/mol. The van der Waals surface area contributed by atoms with Crippen LogP contribution in [0.1, 0.15) is 56.9 Å². The number of nitrogens with two attached hydrogens (primary N) is 1. The fourth-order valence-electron chi connectivity index (χ4n) is 4.21. The van der Waals surface area contributed by atoms with Crippen LogP contribution in [0.5, 0.6) is 0 Å². The summed E-state index contributed by atoms with van der Waals surface area (Å²) in [6.45, 7) is 9.53. The van der Waals surface area contributed by atoms with Gasteiger partial charge in [0.1, 0.15) is 5.82 Å². The molecule has 0 unspecified atom stereocenters. The summed E-state index contributed by atoms with van der Waals surface area (Å²) >= 11 is 0. The van der Waals surface area contributed by atoms with Gasteiger partial charge in [-0.3, -0.25) is 4.79 Å². The summed E-state index contributed by atoms with van der Waals surface area (Å²) in [4.78, 5) is 19.1. The summed E-state index contributed by atoms with van der Waals surface area (Å²) in [7, 11) is 0. The number of rotatable bonds is 4. The zero-order valence-electron chi connectivity index (χ0n) is 18.6. The monoisotopic (exact) mass is 417 g/mol. The molecule has 1 aromatic heterocycles. The first-order chi connectivity index (χ1) is 14.1. The molecule has 2 aliphatic heterocycles. The van der Waals surface area contributed by atoms with E-state index in [1.165, 1.54) is 0 Å². The fourth-order valence-corrected chi connectivity index (χ4v) is 4.21. The topological polar surface area (TPSA) is 115 Å². The van der Waals surface area contributed by atoms with Crippen molar-refractivity contribution >= 4 is 22.6 Å². The number of para-hydroxylation sites is 1. The maximum atomic E-state index is 12.1. The predicted octanol–water partition coefficient (Wildman–Crippen LogP) is 3.81. The summed E-state index contributed by atoms with van der Waals surface area (Å²) in [5.41, 5.74) is 8.25. The van der Waals surface area contributed by atoms with Crippen LogP contribution in [0, 0.1) is 6.92 Å². The molecule has 2 aromatic rings. The van der Waals surface area contributed by atoms with E-state index in [2.05, 4.69) is 10.2 Å². The van der Waals surface area contributed by atoms with Gasteiger partial charge in [0.2, 0.25) is 0 Å². The van der Waals surface area contributed by atoms with E-state index in [-0.39, 0.29) is 7.58 Å². The lowest BCUT2D eigenvalue weighted by Crippen LogP contribution is -2.48. The number of piperidine rings is 1. The molecule has 2 fully saturated rings. The highest BCUT2D eigenvalue weighted by Crippen LogP contribution is 2.28. The van der Waals surface area contributed by atoms with Gasteiger partial charge in [-0.05, 0) is 44.2 Å². The van der Waals surface area contributed by atoms with Crippen molar-refractivity contribution in [3.8, 4) is 0 Å². The average Bonchev–Trinajstić information content (AvgIpc) is 2.76. The molecule has 6 N–H and O–H groups in total. The number of hydrogen-bond acceptors (Lipinski definition) is 6. The standard InChI is InChI=1S/C21H28N4O2.C2H6.H3N.H2/c1-14-3-2-4-15-13-18(20(22)26)21(24-19(14)15)25-9-5-16(6-10-25)23-17-7-11-27-12-8-17;1-2;;/h2-4,13,16-17,23H,5-12H2,1H3,(H2,22,26);1-2H3;1H3;1H. The van der Waals surface area contributed by atoms with E-state index < -0.39 is 5.91 Å². The molecule has 2 aliphatic rings. The minimum absolute atomic E-state index is 0. The van der Waals surface area contributed by atoms with E-state index in [0.717, 1.165) is 74.3 Å². The Bertz CT molecular complexity index is 834. The van der Waals surface area contributed by atoms with Gasteiger partial charge < -0.3 is 26.8 Å². The number of carbonyl (C=O) groups excluding carboxylic acids is 1. The molecule has 7 heteroatoms. The molecule has 30 heavy (non-hydrogen) atoms. The Hall–Kier alpha value is -2.22. The number of amides is 1. The summed E-state index contributed by atoms with van der Waals surface area (Å²) < 4.78 is 5.44. The Labute approximate surface area is 181 Å². The van der Waals surface area contributed by atoms with Crippen molar-refractivity contribution < 1.29 is 11.0 Å². The van der Waals surface area contributed by atoms with Crippen LogP contribution in [0.3, 0.4) is 0 Å². The first-order valence-corrected chi connectivity index (χ1v) is 10.9. The highest BCUT2D eigenvalue weighted by atomic mass is 16.5. The number of anilines is 1. The van der Waals surface area contributed by atoms with E-state index >= 15 is 0 Å². The first-order valence-electron chi connectivity index (χ1n) is 10.9. The summed E-state index contributed by atoms with van der Waals surface area (Å²) in [6.07, 6.45) is 4.28. The molecular weight excluding hydrogens is 378 g/mol. The van der Waals surface area contributed by atoms with Crippen LogP contribution in [0.25, 0.3) is 10.9 Å². The Morgan fingerprint density at radius 2 is 1.80 bits per heavy atom. The van der Waals surface area contributed by atoms with Crippen LogP contribution < -0.4 is 22.1 Å². The molecule has 0 spiro atoms. The van der Waals surface area contributed by atoms with Gasteiger partial charge in [-0.25, -0.2) is 4.98 Å². The molecular formula is C23H39N5O2. The third-order valence-corrected chi connectivity index (χ3v) is 5.78. The Morgan fingerprint density at radius 1 is 1.17 bits per heavy atom. The average molecular weight is 418 g/mol. The lowest BCUT2D eigenvalue weighted by Gasteiger charge is -2.36. The molecule has 2 saturated heterocycles. The van der Waals surface area contributed by atoms with E-state index in [4.69, 9.17) is 15.5 Å². The summed E-state index contributed by atoms with van der Waals surface area (Å²) in [6, 6.07) is 8.99. The molecule has 168 valence electrons. The third-order valence-electron chi connectivity index (χ3n) is 5.78. The highest BCUT2D eigenvalue weighted by Gasteiger charge is 2.26. The number of aryl methyl sites for hydroxylation is 1. The number of fused-ring (bicyclic) bond motifs is 1. The number of nitrogens with zero attached hydrogens (tertiary/aromatic N) is 2. The van der Waals surface area contributed by atoms with Gasteiger partial charge >= 0.3 is 0 Å². The van der Waals surface area contributed by atoms with Crippen molar-refractivity contribution in [3.63, 3.8) is 0 Å². The number of carbonyl (C=O) groups is 1. The van der Waals surface area contributed by atoms with Crippen LogP contribution in [-0.2, 0) is 4.74 Å². The van der Waals surface area contributed by atoms with Gasteiger partial charge in [-0.2, -0.15) is 0 Å². The quantitative estimate of drug-likeness (QED) is 0.696. The Balaban J connectivity index is 0.00000117. The van der Waals surface area contributed by atoms with Gasteiger partial charge in [-0.15, -0.1) is 0 Å². The number of benzene rings is 1. The third kappa shape index (κ3) is 5.47. The molecule has 0 radical (unpaired) electrons. The molecule has 7 nitrogen and oxygen atoms in total. The van der Waals surface area contributed by atoms with Crippen molar-refractivity contribution in [1.82, 2.24) is 16.5 Å². The van der Waals surface area contributed by atoms with E-state index in [1.807, 2.05) is 45.0 Å². The zero-order valence-corrected chi connectivity index (χ0v) is 18.6. The van der Waals surface area contributed by atoms with Crippen LogP contribution in [0.2, 0.25) is 0 Å². The molecule has 0 bridgehead atoms. The van der Waals surface area contributed by atoms with Gasteiger partial charge in [-0.1, -0.05) is 32.0 Å². The smallest absolute Gasteiger partial charge is 0.252 e. The van der Waals surface area contributed by atoms with Crippen molar-refractivity contribution in [2.45, 2.75) is 58.5 Å². The van der Waals surface area contributed by atoms with E-state index in [1.54, 1.807) is 0 Å². The molecule has 1 amide bonds. The molecule has 0 atom stereocenters. The van der Waals surface area contributed by atoms with E-state index in [9.17, 15) is 4.79 Å². The lowest BCUT2D eigenvalue weighted by atomic mass is 10.0. The molecule has 0 saturated carbocycles. The summed E-state index contributed by atoms with van der Waals surface area (Å²) in [5.74, 6) is 0.317. The minimum atomic E-state index is -0.414. The molecule has 4 rings (SSSR count). The number of aromatic nitrogens is 1. The normalized spacial score (nSPS) is 17.8. The second-order valence-corrected chi connectivity index (χ2v) is 7.69. The van der Waals surface area contributed by atoms with Crippen LogP contribution in [0.15, 0.2) is 24.3 Å². The van der Waals surface area contributed by atoms with Gasteiger partial charge in [0, 0.05) is 45.2 Å². The summed E-state index contributed by atoms with van der Waals surface area (Å²) in [5, 5.41) is 4.75. The number of nitrogens with one attached hydrogen (secondary N) is 1. The molecule has 3 heterocycles. The van der Waals surface area contributed by atoms with Gasteiger partial charge in [0.15, 0.2) is 0 Å². The van der Waals surface area contributed by atoms with Crippen molar-refractivity contribution in [3.05, 3.63) is 35.4 Å². The number of ether oxygens (including phenoxy) is 1. The van der Waals surface area contributed by atoms with Gasteiger partial charge in [0.25, 0.3) is 5.91 Å². The van der Waals surface area contributed by atoms with Gasteiger partial charge in [0.05, 0.1) is 11.1 Å². The second-order valence-electron chi connectivity index (χ2n) is 7.69. The molecule has 0 aliphatic carbocycles. The number of hydrogen-bond donors (Lipinski definition) is 3. The zero-order chi connectivity index (χ0) is 20.8. The van der Waals surface area contributed by atoms with Crippen molar-refractivity contribution in [2.24, 2.45) is 5.73 Å². The van der Waals surface area contributed by atoms with Crippen LogP contribution in [-0.4, -0.2) is 49.3 Å². The van der Waals surface area contributed by atoms with Crippen molar-refractivity contribution in [1.29, 1.82) is 0 Å². The number of pyridine rings is 1. The highest BCUT2D eigenvalue weighted by molar-refractivity contribution is 6.02. The second kappa shape index (κ2) is 11.2. The maximum absolute atomic E-state index is 12.1. The first kappa shape index (κ1) is 24.1. The van der Waals surface area contributed by atoms with Crippen LogP contribution >= 0.6 is 0 Å². The largest absolute Gasteiger partial charge is 0.381 e. The Morgan fingerprint density at radius 3 is 2.43 bits per heavy atom. The SMILES string of the molecule is CC.Cc1cccc2cc(C(N)=O)c(N3CCC(NC4CCOCC4)CC3)nc12.N.[HH]. The van der Waals surface area contributed by atoms with Crippen molar-refractivity contribution in [2.75, 3.05) is 31.2 Å². The lowest BCUT2D eigenvalue weighted by molar-refractivity contribution is 0.0738. The van der Waals surface area contributed by atoms with E-state index in [0.29, 0.717) is 17.6 Å². The molecule has 1 aromatic carbocycles.